The maximum atomic E-state index is 12.4. The average Bonchev–Trinajstić information content (AvgIpc) is 3.04. The van der Waals surface area contributed by atoms with E-state index in [1.165, 1.54) is 6.42 Å². The number of ether oxygens (including phenoxy) is 4. The molecule has 0 spiro atoms. The molecule has 224 valence electrons. The number of nitrogens with zero attached hydrogens (tertiary/aromatic N) is 2. The Morgan fingerprint density at radius 1 is 0.950 bits per heavy atom. The molecule has 5 rings (SSSR count). The van der Waals surface area contributed by atoms with Gasteiger partial charge in [0, 0.05) is 25.4 Å². The van der Waals surface area contributed by atoms with Gasteiger partial charge in [-0.25, -0.2) is 4.68 Å². The van der Waals surface area contributed by atoms with Gasteiger partial charge in [-0.2, -0.15) is 5.10 Å². The van der Waals surface area contributed by atoms with E-state index in [-0.39, 0.29) is 22.7 Å². The van der Waals surface area contributed by atoms with Gasteiger partial charge in [0.25, 0.3) is 5.56 Å². The van der Waals surface area contributed by atoms with E-state index in [0.29, 0.717) is 31.4 Å². The Kier molecular flexibility index (Phi) is 14.6. The van der Waals surface area contributed by atoms with Crippen molar-refractivity contribution in [3.05, 3.63) is 45.8 Å². The molecule has 2 aliphatic heterocycles. The number of anilines is 2. The molecule has 1 unspecified atom stereocenters. The van der Waals surface area contributed by atoms with Crippen LogP contribution in [-0.4, -0.2) is 69.1 Å². The minimum absolute atomic E-state index is 0.149. The molecule has 9 nitrogen and oxygen atoms in total. The summed E-state index contributed by atoms with van der Waals surface area (Å²) in [6.45, 7) is 9.24. The van der Waals surface area contributed by atoms with Crippen molar-refractivity contribution < 1.29 is 18.9 Å². The molecule has 1 aromatic carbocycles. The first-order valence-electron chi connectivity index (χ1n) is 14.8. The van der Waals surface area contributed by atoms with Gasteiger partial charge in [-0.05, 0) is 55.9 Å². The summed E-state index contributed by atoms with van der Waals surface area (Å²) in [6.07, 6.45) is 9.72. The lowest BCUT2D eigenvalue weighted by molar-refractivity contribution is -0.0818. The van der Waals surface area contributed by atoms with E-state index in [2.05, 4.69) is 15.7 Å². The molecule has 0 amide bonds. The predicted octanol–water partition coefficient (Wildman–Crippen LogP) is 5.79. The summed E-state index contributed by atoms with van der Waals surface area (Å²) in [5.41, 5.74) is 1.54. The number of aromatic nitrogens is 2. The lowest BCUT2D eigenvalue weighted by Gasteiger charge is -2.24. The molecule has 0 bridgehead atoms. The van der Waals surface area contributed by atoms with Gasteiger partial charge in [0.2, 0.25) is 0 Å². The monoisotopic (exact) mass is 578 g/mol. The molecule has 10 heteroatoms. The summed E-state index contributed by atoms with van der Waals surface area (Å²) in [7, 11) is 1.66. The van der Waals surface area contributed by atoms with Crippen LogP contribution in [0.3, 0.4) is 0 Å². The van der Waals surface area contributed by atoms with Crippen LogP contribution >= 0.6 is 11.6 Å². The molecule has 1 saturated carbocycles. The summed E-state index contributed by atoms with van der Waals surface area (Å²) < 4.78 is 23.0. The van der Waals surface area contributed by atoms with Gasteiger partial charge < -0.3 is 29.6 Å². The van der Waals surface area contributed by atoms with Gasteiger partial charge in [-0.1, -0.05) is 44.7 Å². The van der Waals surface area contributed by atoms with Gasteiger partial charge >= 0.3 is 0 Å². The number of halogens is 1. The molecule has 3 fully saturated rings. The van der Waals surface area contributed by atoms with Crippen molar-refractivity contribution in [3.63, 3.8) is 0 Å². The van der Waals surface area contributed by atoms with Gasteiger partial charge in [-0.3, -0.25) is 4.79 Å². The van der Waals surface area contributed by atoms with E-state index in [9.17, 15) is 4.79 Å². The first kappa shape index (κ1) is 32.2. The SMILES string of the molecule is CC.COc1ccc(NC[C@@H]2COCCO2)cc1.O=c1c(Cl)c(NCC2CCCOC2)cnn1C1CCCCC1. The molecule has 2 aromatic rings. The van der Waals surface area contributed by atoms with E-state index in [1.54, 1.807) is 18.0 Å². The summed E-state index contributed by atoms with van der Waals surface area (Å²) >= 11 is 6.27. The maximum Gasteiger partial charge on any atom is 0.287 e. The van der Waals surface area contributed by atoms with E-state index >= 15 is 0 Å². The molecule has 2 saturated heterocycles. The molecule has 2 atom stereocenters. The highest BCUT2D eigenvalue weighted by Crippen LogP contribution is 2.27. The fourth-order valence-electron chi connectivity index (χ4n) is 4.97. The summed E-state index contributed by atoms with van der Waals surface area (Å²) in [5, 5.41) is 11.2. The second-order valence-corrected chi connectivity index (χ2v) is 10.4. The van der Waals surface area contributed by atoms with Crippen molar-refractivity contribution in [1.82, 2.24) is 9.78 Å². The number of hydrogen-bond acceptors (Lipinski definition) is 8. The molecule has 3 aliphatic rings. The van der Waals surface area contributed by atoms with E-state index in [0.717, 1.165) is 76.3 Å². The Morgan fingerprint density at radius 3 is 2.35 bits per heavy atom. The van der Waals surface area contributed by atoms with Gasteiger partial charge in [0.1, 0.15) is 10.8 Å². The van der Waals surface area contributed by atoms with Crippen LogP contribution in [-0.2, 0) is 14.2 Å². The van der Waals surface area contributed by atoms with Crippen LogP contribution in [0.15, 0.2) is 35.3 Å². The zero-order valence-corrected chi connectivity index (χ0v) is 25.1. The third kappa shape index (κ3) is 10.3. The lowest BCUT2D eigenvalue weighted by atomic mass is 9.96. The molecule has 2 N–H and O–H groups in total. The number of benzene rings is 1. The van der Waals surface area contributed by atoms with Gasteiger partial charge in [-0.15, -0.1) is 0 Å². The maximum absolute atomic E-state index is 12.4. The second kappa shape index (κ2) is 18.2. The third-order valence-corrected chi connectivity index (χ3v) is 7.57. The van der Waals surface area contributed by atoms with Crippen molar-refractivity contribution in [2.24, 2.45) is 5.92 Å². The Hall–Kier alpha value is -2.33. The molecular weight excluding hydrogens is 532 g/mol. The largest absolute Gasteiger partial charge is 0.497 e. The summed E-state index contributed by atoms with van der Waals surface area (Å²) in [5.74, 6) is 1.34. The second-order valence-electron chi connectivity index (χ2n) is 10.1. The standard InChI is InChI=1S/C16H24ClN3O2.C12H17NO3.C2H6/c17-15-14(18-9-12-5-4-8-22-11-12)10-19-20(16(15)21)13-6-2-1-3-7-13;1-14-11-4-2-10(3-5-11)13-8-12-9-15-6-7-16-12;1-2/h10,12-13,18H,1-9,11H2;2-5,12-13H,6-9H2,1H3;1-2H3/t;12-;/m.1./s1. The lowest BCUT2D eigenvalue weighted by Crippen LogP contribution is -2.34. The van der Waals surface area contributed by atoms with E-state index in [1.807, 2.05) is 38.1 Å². The topological polar surface area (TPSA) is 95.9 Å². The van der Waals surface area contributed by atoms with Crippen LogP contribution in [0.4, 0.5) is 11.4 Å². The van der Waals surface area contributed by atoms with Crippen molar-refractivity contribution in [1.29, 1.82) is 0 Å². The minimum Gasteiger partial charge on any atom is -0.497 e. The Bertz CT molecular complexity index is 1020. The molecule has 0 radical (unpaired) electrons. The quantitative estimate of drug-likeness (QED) is 0.406. The van der Waals surface area contributed by atoms with E-state index < -0.39 is 0 Å². The number of rotatable bonds is 8. The Labute approximate surface area is 243 Å². The van der Waals surface area contributed by atoms with Crippen LogP contribution in [0.1, 0.15) is 64.8 Å². The highest BCUT2D eigenvalue weighted by Gasteiger charge is 2.20. The third-order valence-electron chi connectivity index (χ3n) is 7.21. The van der Waals surface area contributed by atoms with Crippen LogP contribution in [0.25, 0.3) is 0 Å². The predicted molar refractivity (Wildman–Crippen MR) is 161 cm³/mol. The molecule has 40 heavy (non-hydrogen) atoms. The summed E-state index contributed by atoms with van der Waals surface area (Å²) in [6, 6.07) is 8.05. The van der Waals surface area contributed by atoms with Crippen molar-refractivity contribution >= 4 is 23.0 Å². The zero-order valence-electron chi connectivity index (χ0n) is 24.3. The van der Waals surface area contributed by atoms with E-state index in [4.69, 9.17) is 30.5 Å². The molecule has 1 aliphatic carbocycles. The normalized spacial score (nSPS) is 21.2. The molecular formula is C30H47ClN4O5. The number of nitrogens with one attached hydrogen (secondary N) is 2. The van der Waals surface area contributed by atoms with Crippen LogP contribution in [0.5, 0.6) is 5.75 Å². The first-order valence-corrected chi connectivity index (χ1v) is 15.2. The minimum atomic E-state index is -0.168. The fraction of sp³-hybridized carbons (Fsp3) is 0.667. The van der Waals surface area contributed by atoms with Crippen molar-refractivity contribution in [2.75, 3.05) is 63.9 Å². The average molecular weight is 579 g/mol. The Balaban J connectivity index is 0.000000217. The Morgan fingerprint density at radius 2 is 1.70 bits per heavy atom. The molecule has 3 heterocycles. The smallest absolute Gasteiger partial charge is 0.287 e. The fourth-order valence-corrected chi connectivity index (χ4v) is 5.17. The zero-order chi connectivity index (χ0) is 28.6. The van der Waals surface area contributed by atoms with Crippen LogP contribution < -0.4 is 20.9 Å². The number of methoxy groups -OCH3 is 1. The van der Waals surface area contributed by atoms with Gasteiger partial charge in [0.15, 0.2) is 0 Å². The van der Waals surface area contributed by atoms with Crippen LogP contribution in [0, 0.1) is 5.92 Å². The number of hydrogen-bond donors (Lipinski definition) is 2. The van der Waals surface area contributed by atoms with Crippen molar-refractivity contribution in [2.45, 2.75) is 70.9 Å². The van der Waals surface area contributed by atoms with Gasteiger partial charge in [0.05, 0.1) is 57.6 Å². The van der Waals surface area contributed by atoms with Crippen LogP contribution in [0.2, 0.25) is 5.02 Å². The highest BCUT2D eigenvalue weighted by atomic mass is 35.5. The van der Waals surface area contributed by atoms with Crippen molar-refractivity contribution in [3.8, 4) is 5.75 Å². The molecule has 1 aromatic heterocycles. The first-order chi connectivity index (χ1) is 19.6. The summed E-state index contributed by atoms with van der Waals surface area (Å²) in [4.78, 5) is 12.4. The highest BCUT2D eigenvalue weighted by molar-refractivity contribution is 6.32.